The molecular weight excluding hydrogens is 1440 g/mol. The molecule has 0 spiro atoms. The van der Waals surface area contributed by atoms with Crippen LogP contribution in [0.15, 0.2) is 277 Å². The topological polar surface area (TPSA) is 256 Å². The molecule has 0 aliphatic carbocycles. The van der Waals surface area contributed by atoms with Crippen molar-refractivity contribution in [1.82, 2.24) is 28.5 Å². The Morgan fingerprint density at radius 3 is 1.13 bits per heavy atom. The second-order valence-electron chi connectivity index (χ2n) is 25.8. The van der Waals surface area contributed by atoms with Gasteiger partial charge in [-0.2, -0.15) is 8.61 Å². The van der Waals surface area contributed by atoms with Gasteiger partial charge in [-0.1, -0.05) is 154 Å². The Kier molecular flexibility index (Phi) is 32.6. The number of carboxylic acids is 1. The van der Waals surface area contributed by atoms with E-state index < -0.39 is 26.0 Å². The number of nitrogens with one attached hydrogen (secondary N) is 1. The highest BCUT2D eigenvalue weighted by Gasteiger charge is 2.28. The van der Waals surface area contributed by atoms with Crippen molar-refractivity contribution in [2.24, 2.45) is 0 Å². The van der Waals surface area contributed by atoms with Crippen molar-refractivity contribution in [2.45, 2.75) is 114 Å². The van der Waals surface area contributed by atoms with Gasteiger partial charge in [-0.15, -0.1) is 0 Å². The van der Waals surface area contributed by atoms with Crippen LogP contribution in [-0.4, -0.2) is 109 Å². The number of amides is 2. The number of rotatable bonds is 38. The lowest BCUT2D eigenvalue weighted by Gasteiger charge is -2.23. The van der Waals surface area contributed by atoms with E-state index in [0.29, 0.717) is 97.9 Å². The van der Waals surface area contributed by atoms with Crippen molar-refractivity contribution in [3.8, 4) is 34.5 Å². The summed E-state index contributed by atoms with van der Waals surface area (Å²) in [5, 5.41) is 11.8. The molecule has 2 amide bonds. The minimum atomic E-state index is -3.95. The summed E-state index contributed by atoms with van der Waals surface area (Å²) in [4.78, 5) is 50.8. The molecule has 21 nitrogen and oxygen atoms in total. The SMILES string of the molecule is CCCCCCC(=O)N(CCc1ccccn1)Cc1ccc(OCc2ccccc2)c(OC)c1.COc1cc(CN(CCc2ccccn2)S(=O)(=O)c2ccc(C(=O)O)cc2)ccc1OCc1ccccc1.COc1cc(CN(CCc2ccccn2)S(=O)(=O)c2ccc(NC(C)=O)cc2)ccc1OCc1ccccc1. The Morgan fingerprint density at radius 2 is 0.775 bits per heavy atom. The van der Waals surface area contributed by atoms with Gasteiger partial charge in [-0.25, -0.2) is 21.6 Å². The molecule has 0 aliphatic rings. The quantitative estimate of drug-likeness (QED) is 0.0341. The smallest absolute Gasteiger partial charge is 0.335 e. The molecule has 0 atom stereocenters. The second-order valence-corrected chi connectivity index (χ2v) is 29.7. The normalized spacial score (nSPS) is 11.1. The summed E-state index contributed by atoms with van der Waals surface area (Å²) < 4.78 is 92.1. The van der Waals surface area contributed by atoms with Crippen molar-refractivity contribution in [3.05, 3.63) is 323 Å². The summed E-state index contributed by atoms with van der Waals surface area (Å²) in [5.41, 5.74) is 8.70. The summed E-state index contributed by atoms with van der Waals surface area (Å²) in [6.45, 7) is 6.58. The van der Waals surface area contributed by atoms with Crippen LogP contribution in [-0.2, 0) is 88.4 Å². The van der Waals surface area contributed by atoms with Crippen molar-refractivity contribution in [3.63, 3.8) is 0 Å². The first-order valence-electron chi connectivity index (χ1n) is 36.6. The third-order valence-corrected chi connectivity index (χ3v) is 21.4. The van der Waals surface area contributed by atoms with Crippen molar-refractivity contribution in [2.75, 3.05) is 46.3 Å². The molecular formula is C88H95N7O14S2. The second kappa shape index (κ2) is 43.4. The molecule has 23 heteroatoms. The molecule has 8 aromatic carbocycles. The lowest BCUT2D eigenvalue weighted by molar-refractivity contribution is -0.132. The number of carbonyl (C=O) groups is 3. The molecule has 11 rings (SSSR count). The molecule has 0 bridgehead atoms. The number of sulfonamides is 2. The van der Waals surface area contributed by atoms with Crippen LogP contribution in [0.1, 0.15) is 107 Å². The number of benzene rings is 8. The summed E-state index contributed by atoms with van der Waals surface area (Å²) in [5.74, 6) is 2.34. The number of aromatic nitrogens is 3. The van der Waals surface area contributed by atoms with E-state index in [1.54, 1.807) is 81.3 Å². The number of methoxy groups -OCH3 is 3. The standard InChI is InChI=1S/C30H31N3O5S.C29H28N2O6S.C29H36N2O3/c1-23(34)32-27-12-14-28(15-13-27)39(35,36)33(19-17-26-10-6-7-18-31-26)21-25-11-16-29(30(20-25)37-2)38-22-24-8-4-3-5-9-24;1-36-28-19-23(10-15-27(28)37-21-22-7-3-2-4-8-22)20-31(18-16-25-9-5-6-17-30-25)38(34,35)26-13-11-24(12-14-26)29(32)33;1-3-4-5-9-15-29(32)31(20-18-26-14-10-11-19-30-26)22-25-16-17-27(28(21-25)33-2)34-23-24-12-7-6-8-13-24/h3-16,18,20H,17,19,21-22H2,1-2H3,(H,32,34);2-15,17,19H,16,18,20-21H2,1H3,(H,32,33);6-8,10-14,16-17,19,21H,3-5,9,15,18,20,22-23H2,1-2H3. The van der Waals surface area contributed by atoms with Gasteiger partial charge in [0.1, 0.15) is 19.8 Å². The van der Waals surface area contributed by atoms with Crippen LogP contribution in [0.25, 0.3) is 0 Å². The van der Waals surface area contributed by atoms with Gasteiger partial charge in [0.25, 0.3) is 0 Å². The zero-order valence-corrected chi connectivity index (χ0v) is 64.8. The van der Waals surface area contributed by atoms with E-state index in [1.807, 2.05) is 169 Å². The van der Waals surface area contributed by atoms with Crippen LogP contribution >= 0.6 is 0 Å². The van der Waals surface area contributed by atoms with Crippen LogP contribution in [0.3, 0.4) is 0 Å². The minimum Gasteiger partial charge on any atom is -0.493 e. The van der Waals surface area contributed by atoms with Crippen LogP contribution in [0.5, 0.6) is 34.5 Å². The molecule has 0 radical (unpaired) electrons. The molecule has 111 heavy (non-hydrogen) atoms. The van der Waals surface area contributed by atoms with E-state index >= 15 is 0 Å². The van der Waals surface area contributed by atoms with E-state index in [-0.39, 0.29) is 53.3 Å². The first-order valence-corrected chi connectivity index (χ1v) is 39.5. The van der Waals surface area contributed by atoms with Gasteiger partial charge in [0.05, 0.1) is 36.7 Å². The molecule has 0 saturated carbocycles. The predicted molar refractivity (Wildman–Crippen MR) is 429 cm³/mol. The Labute approximate surface area is 651 Å². The summed E-state index contributed by atoms with van der Waals surface area (Å²) in [6, 6.07) is 74.6. The Bertz CT molecular complexity index is 4910. The van der Waals surface area contributed by atoms with Crippen LogP contribution in [0, 0.1) is 0 Å². The van der Waals surface area contributed by atoms with Crippen molar-refractivity contribution >= 4 is 43.5 Å². The summed E-state index contributed by atoms with van der Waals surface area (Å²) in [6.07, 6.45) is 11.7. The Morgan fingerprint density at radius 1 is 0.405 bits per heavy atom. The van der Waals surface area contributed by atoms with Crippen molar-refractivity contribution in [1.29, 1.82) is 0 Å². The zero-order valence-electron chi connectivity index (χ0n) is 63.2. The highest BCUT2D eigenvalue weighted by molar-refractivity contribution is 7.89. The average Bonchev–Trinajstić information content (AvgIpc) is 0.803. The molecule has 0 fully saturated rings. The van der Waals surface area contributed by atoms with Crippen LogP contribution < -0.4 is 33.7 Å². The van der Waals surface area contributed by atoms with E-state index in [1.165, 1.54) is 65.5 Å². The monoisotopic (exact) mass is 1540 g/mol. The highest BCUT2D eigenvalue weighted by atomic mass is 32.2. The molecule has 3 aromatic heterocycles. The molecule has 0 aliphatic heterocycles. The number of pyridine rings is 3. The largest absolute Gasteiger partial charge is 0.493 e. The molecule has 2 N–H and O–H groups in total. The maximum Gasteiger partial charge on any atom is 0.335 e. The number of carbonyl (C=O) groups excluding carboxylic acids is 2. The van der Waals surface area contributed by atoms with E-state index in [4.69, 9.17) is 28.4 Å². The lowest BCUT2D eigenvalue weighted by Crippen LogP contribution is -2.32. The van der Waals surface area contributed by atoms with Gasteiger partial charge in [0.15, 0.2) is 34.5 Å². The number of nitrogens with zero attached hydrogens (tertiary/aromatic N) is 6. The lowest BCUT2D eigenvalue weighted by atomic mass is 10.1. The molecule has 0 saturated heterocycles. The number of unbranched alkanes of at least 4 members (excludes halogenated alkanes) is 3. The van der Waals surface area contributed by atoms with Crippen LogP contribution in [0.2, 0.25) is 0 Å². The fraction of sp³-hybridized carbons (Fsp3) is 0.250. The van der Waals surface area contributed by atoms with Crippen molar-refractivity contribution < 1.29 is 64.7 Å². The first kappa shape index (κ1) is 83.3. The third kappa shape index (κ3) is 26.5. The number of aromatic carboxylic acids is 1. The third-order valence-electron chi connectivity index (χ3n) is 17.7. The summed E-state index contributed by atoms with van der Waals surface area (Å²) in [7, 11) is -3.08. The number of carboxylic acid groups (broad SMARTS) is 1. The number of hydrogen-bond acceptors (Lipinski definition) is 16. The fourth-order valence-electron chi connectivity index (χ4n) is 11.7. The van der Waals surface area contributed by atoms with E-state index in [0.717, 1.165) is 70.6 Å². The van der Waals surface area contributed by atoms with Gasteiger partial charge < -0.3 is 43.7 Å². The van der Waals surface area contributed by atoms with E-state index in [2.05, 4.69) is 27.2 Å². The number of hydrogen-bond donors (Lipinski definition) is 2. The van der Waals surface area contributed by atoms with Gasteiger partial charge in [-0.3, -0.25) is 24.5 Å². The molecule has 0 unspecified atom stereocenters. The van der Waals surface area contributed by atoms with Gasteiger partial charge >= 0.3 is 5.97 Å². The molecule has 3 heterocycles. The fourth-order valence-corrected chi connectivity index (χ4v) is 14.5. The molecule has 11 aromatic rings. The van der Waals surface area contributed by atoms with Crippen LogP contribution in [0.4, 0.5) is 5.69 Å². The number of ether oxygens (including phenoxy) is 6. The molecule has 578 valence electrons. The maximum absolute atomic E-state index is 13.7. The summed E-state index contributed by atoms with van der Waals surface area (Å²) >= 11 is 0. The highest BCUT2D eigenvalue weighted by Crippen LogP contribution is 2.34. The zero-order chi connectivity index (χ0) is 78.6. The van der Waals surface area contributed by atoms with E-state index in [9.17, 15) is 36.3 Å². The number of anilines is 1. The average molecular weight is 1540 g/mol. The Hall–Kier alpha value is -11.8. The minimum absolute atomic E-state index is 0.0123. The maximum atomic E-state index is 13.7. The van der Waals surface area contributed by atoms with Gasteiger partial charge in [-0.05, 0) is 161 Å². The van der Waals surface area contributed by atoms with Gasteiger partial charge in [0, 0.05) is 113 Å². The van der Waals surface area contributed by atoms with Gasteiger partial charge in [0.2, 0.25) is 31.9 Å². The predicted octanol–water partition coefficient (Wildman–Crippen LogP) is 16.1. The first-order chi connectivity index (χ1) is 53.9. The Balaban J connectivity index is 0.000000192.